The highest BCUT2D eigenvalue weighted by Crippen LogP contribution is 2.49. The van der Waals surface area contributed by atoms with Gasteiger partial charge < -0.3 is 0 Å². The molecule has 0 saturated heterocycles. The molecule has 0 nitrogen and oxygen atoms in total. The molecule has 0 fully saturated rings. The fourth-order valence-corrected chi connectivity index (χ4v) is 4.02. The summed E-state index contributed by atoms with van der Waals surface area (Å²) in [5.74, 6) is 44.2. The van der Waals surface area contributed by atoms with Gasteiger partial charge in [0.2, 0.25) is 0 Å². The lowest BCUT2D eigenvalue weighted by molar-refractivity contribution is 0.200. The van der Waals surface area contributed by atoms with Gasteiger partial charge in [-0.25, -0.2) is 0 Å². The molecule has 0 bridgehead atoms. The second kappa shape index (κ2) is 22.0. The molecule has 0 spiro atoms. The van der Waals surface area contributed by atoms with Gasteiger partial charge in [0, 0.05) is 44.4 Å². The molecule has 0 N–H and O–H groups in total. The lowest BCUT2D eigenvalue weighted by Gasteiger charge is -2.42. The highest BCUT2D eigenvalue weighted by molar-refractivity contribution is 5.47. The zero-order valence-corrected chi connectivity index (χ0v) is 25.4. The molecule has 0 rings (SSSR count). The first-order valence-corrected chi connectivity index (χ1v) is 14.8. The molecular weight excluding hydrogens is 456 g/mol. The van der Waals surface area contributed by atoms with E-state index < -0.39 is 10.8 Å². The molecule has 0 aliphatic rings. The molecule has 0 radical (unpaired) electrons. The Morgan fingerprint density at radius 2 is 1.08 bits per heavy atom. The molecule has 0 aromatic carbocycles. The summed E-state index contributed by atoms with van der Waals surface area (Å²) in [6.07, 6.45) is 17.9. The van der Waals surface area contributed by atoms with Crippen LogP contribution in [0, 0.1) is 106 Å². The first kappa shape index (κ1) is 34.9. The number of hydrogen-bond acceptors (Lipinski definition) is 0. The first-order valence-electron chi connectivity index (χ1n) is 14.8. The first-order chi connectivity index (χ1) is 18.5. The van der Waals surface area contributed by atoms with Gasteiger partial charge in [0.15, 0.2) is 0 Å². The van der Waals surface area contributed by atoms with Crippen LogP contribution in [0.15, 0.2) is 0 Å². The fourth-order valence-electron chi connectivity index (χ4n) is 4.02. The molecule has 0 aliphatic carbocycles. The quantitative estimate of drug-likeness (QED) is 0.194. The minimum absolute atomic E-state index is 0.162. The highest BCUT2D eigenvalue weighted by Gasteiger charge is 2.53. The molecule has 0 heteroatoms. The van der Waals surface area contributed by atoms with Crippen molar-refractivity contribution in [2.75, 3.05) is 0 Å². The summed E-state index contributed by atoms with van der Waals surface area (Å²) in [4.78, 5) is 0. The van der Waals surface area contributed by atoms with Gasteiger partial charge in [0.1, 0.15) is 10.8 Å². The topological polar surface area (TPSA) is 0 Å². The molecule has 0 heterocycles. The van der Waals surface area contributed by atoms with Crippen molar-refractivity contribution in [3.05, 3.63) is 0 Å². The maximum absolute atomic E-state index is 6.14. The van der Waals surface area contributed by atoms with Crippen LogP contribution in [-0.2, 0) is 0 Å². The predicted molar refractivity (Wildman–Crippen MR) is 167 cm³/mol. The van der Waals surface area contributed by atoms with Crippen LogP contribution in [0.4, 0.5) is 0 Å². The predicted octanol–water partition coefficient (Wildman–Crippen LogP) is 9.06. The van der Waals surface area contributed by atoms with Gasteiger partial charge in [-0.15, -0.1) is 47.9 Å². The molecule has 0 amide bonds. The minimum atomic E-state index is -0.877. The van der Waals surface area contributed by atoms with Crippen molar-refractivity contribution in [1.29, 1.82) is 0 Å². The number of rotatable bonds is 11. The van der Waals surface area contributed by atoms with Crippen molar-refractivity contribution >= 4 is 0 Å². The minimum Gasteiger partial charge on any atom is -0.119 e. The number of unbranched alkanes of at least 4 members (excludes halogenated alkanes) is 7. The van der Waals surface area contributed by atoms with E-state index in [0.717, 1.165) is 77.0 Å². The molecule has 0 saturated carbocycles. The zero-order valence-electron chi connectivity index (χ0n) is 25.4. The van der Waals surface area contributed by atoms with Crippen LogP contribution in [0.5, 0.6) is 0 Å². The summed E-state index contributed by atoms with van der Waals surface area (Å²) in [5, 5.41) is 0. The second-order valence-electron chi connectivity index (χ2n) is 9.74. The summed E-state index contributed by atoms with van der Waals surface area (Å²) < 4.78 is 0. The summed E-state index contributed by atoms with van der Waals surface area (Å²) >= 11 is 0. The molecular formula is C38H50. The van der Waals surface area contributed by atoms with E-state index in [9.17, 15) is 0 Å². The normalized spacial score (nSPS) is 13.9. The Morgan fingerprint density at radius 3 is 1.55 bits per heavy atom. The Balaban J connectivity index is 7.75. The molecule has 4 unspecified atom stereocenters. The maximum atomic E-state index is 6.14. The Hall–Kier alpha value is -3.08. The van der Waals surface area contributed by atoms with E-state index in [1.165, 1.54) is 0 Å². The highest BCUT2D eigenvalue weighted by atomic mass is 14.5. The largest absolute Gasteiger partial charge is 0.130 e. The van der Waals surface area contributed by atoms with Gasteiger partial charge >= 0.3 is 0 Å². The molecule has 38 heavy (non-hydrogen) atoms. The summed E-state index contributed by atoms with van der Waals surface area (Å²) in [7, 11) is 0. The van der Waals surface area contributed by atoms with Crippen molar-refractivity contribution in [2.24, 2.45) is 22.7 Å². The van der Waals surface area contributed by atoms with Crippen LogP contribution in [0.3, 0.4) is 0 Å². The molecule has 4 atom stereocenters. The Labute approximate surface area is 237 Å². The van der Waals surface area contributed by atoms with Crippen LogP contribution in [-0.4, -0.2) is 0 Å². The van der Waals surface area contributed by atoms with E-state index >= 15 is 0 Å². The fraction of sp³-hybridized carbons (Fsp3) is 0.632. The second-order valence-corrected chi connectivity index (χ2v) is 9.74. The van der Waals surface area contributed by atoms with E-state index in [4.69, 9.17) is 6.42 Å². The average Bonchev–Trinajstić information content (AvgIpc) is 2.93. The SMILES string of the molecule is C#CC(C#CCCC)C(C)C(C#CCCC)(C#CCCCC)C(C#CCCC)(C#CCCCC)CC#CC. The van der Waals surface area contributed by atoms with Crippen LogP contribution >= 0.6 is 0 Å². The summed E-state index contributed by atoms with van der Waals surface area (Å²) in [6.45, 7) is 14.8. The zero-order chi connectivity index (χ0) is 28.5. The standard InChI is InChI=1S/C38H50/c1-9-16-22-27-32-37(30-21-14-6,31-25-19-12-4)38(33-26-20-13-5,34-28-23-17-10-2)35(8)36(15-7)29-24-18-11-3/h7,35-36H,9-13,16-20,22-23,30H2,1-6,8H3. The monoisotopic (exact) mass is 506 g/mol. The Kier molecular flexibility index (Phi) is 20.2. The smallest absolute Gasteiger partial charge is 0.119 e. The lowest BCUT2D eigenvalue weighted by Crippen LogP contribution is -2.46. The van der Waals surface area contributed by atoms with E-state index in [0.29, 0.717) is 6.42 Å². The summed E-state index contributed by atoms with van der Waals surface area (Å²) in [5.41, 5.74) is -1.72. The third kappa shape index (κ3) is 11.5. The molecule has 202 valence electrons. The van der Waals surface area contributed by atoms with E-state index in [-0.39, 0.29) is 11.8 Å². The number of terminal acetylenes is 1. The number of hydrogen-bond donors (Lipinski definition) is 0. The maximum Gasteiger partial charge on any atom is 0.130 e. The van der Waals surface area contributed by atoms with Crippen LogP contribution in [0.25, 0.3) is 0 Å². The van der Waals surface area contributed by atoms with Crippen molar-refractivity contribution < 1.29 is 0 Å². The summed E-state index contributed by atoms with van der Waals surface area (Å²) in [6, 6.07) is 0. The molecule has 0 aromatic rings. The Morgan fingerprint density at radius 1 is 0.605 bits per heavy atom. The van der Waals surface area contributed by atoms with Crippen LogP contribution in [0.1, 0.15) is 132 Å². The Bertz CT molecular complexity index is 1090. The van der Waals surface area contributed by atoms with Gasteiger partial charge in [0.25, 0.3) is 0 Å². The van der Waals surface area contributed by atoms with E-state index in [2.05, 4.69) is 119 Å². The van der Waals surface area contributed by atoms with E-state index in [1.807, 2.05) is 6.92 Å². The lowest BCUT2D eigenvalue weighted by atomic mass is 9.54. The van der Waals surface area contributed by atoms with Crippen molar-refractivity contribution in [2.45, 2.75) is 132 Å². The molecule has 0 aromatic heterocycles. The average molecular weight is 507 g/mol. The van der Waals surface area contributed by atoms with Gasteiger partial charge in [-0.2, -0.15) is 0 Å². The van der Waals surface area contributed by atoms with Crippen molar-refractivity contribution in [3.63, 3.8) is 0 Å². The van der Waals surface area contributed by atoms with E-state index in [1.54, 1.807) is 0 Å². The molecule has 0 aliphatic heterocycles. The van der Waals surface area contributed by atoms with Gasteiger partial charge in [0.05, 0.1) is 5.92 Å². The third-order valence-corrected chi connectivity index (χ3v) is 6.43. The van der Waals surface area contributed by atoms with Crippen molar-refractivity contribution in [1.82, 2.24) is 0 Å². The van der Waals surface area contributed by atoms with Crippen molar-refractivity contribution in [3.8, 4) is 83.4 Å². The van der Waals surface area contributed by atoms with Gasteiger partial charge in [-0.05, 0) is 39.0 Å². The third-order valence-electron chi connectivity index (χ3n) is 6.43. The van der Waals surface area contributed by atoms with Crippen LogP contribution < -0.4 is 0 Å². The van der Waals surface area contributed by atoms with Gasteiger partial charge in [-0.3, -0.25) is 0 Å². The van der Waals surface area contributed by atoms with Crippen LogP contribution in [0.2, 0.25) is 0 Å². The van der Waals surface area contributed by atoms with Gasteiger partial charge in [-0.1, -0.05) is 89.9 Å².